The van der Waals surface area contributed by atoms with Crippen molar-refractivity contribution < 1.29 is 5.06 Å². The summed E-state index contributed by atoms with van der Waals surface area (Å²) in [5, 5.41) is 12.2. The summed E-state index contributed by atoms with van der Waals surface area (Å²) in [6.07, 6.45) is 3.52. The Morgan fingerprint density at radius 3 is 3.07 bits per heavy atom. The van der Waals surface area contributed by atoms with Gasteiger partial charge in [0.15, 0.2) is 5.69 Å². The van der Waals surface area contributed by atoms with Crippen LogP contribution in [0, 0.1) is 5.21 Å². The SMILES string of the molecule is CC1c2cncn2-c2ccccc2[NH+]1[O-]. The van der Waals surface area contributed by atoms with Crippen LogP contribution in [0.5, 0.6) is 0 Å². The fourth-order valence-corrected chi connectivity index (χ4v) is 2.09. The van der Waals surface area contributed by atoms with Gasteiger partial charge >= 0.3 is 0 Å². The van der Waals surface area contributed by atoms with Gasteiger partial charge in [0.1, 0.15) is 17.4 Å². The summed E-state index contributed by atoms with van der Waals surface area (Å²) < 4.78 is 1.99. The predicted molar refractivity (Wildman–Crippen MR) is 56.0 cm³/mol. The maximum Gasteiger partial charge on any atom is 0.156 e. The molecule has 0 amide bonds. The topological polar surface area (TPSA) is 45.3 Å². The molecule has 1 aliphatic rings. The quantitative estimate of drug-likeness (QED) is 0.645. The number of benzene rings is 1. The first-order valence-electron chi connectivity index (χ1n) is 4.95. The maximum absolute atomic E-state index is 12.0. The van der Waals surface area contributed by atoms with Gasteiger partial charge in [0.25, 0.3) is 0 Å². The van der Waals surface area contributed by atoms with Gasteiger partial charge in [-0.1, -0.05) is 12.1 Å². The first-order valence-corrected chi connectivity index (χ1v) is 4.95. The van der Waals surface area contributed by atoms with Crippen molar-refractivity contribution in [2.75, 3.05) is 0 Å². The number of hydrogen-bond acceptors (Lipinski definition) is 2. The van der Waals surface area contributed by atoms with Crippen LogP contribution in [0.15, 0.2) is 36.8 Å². The van der Waals surface area contributed by atoms with Gasteiger partial charge in [-0.05, 0) is 13.0 Å². The molecule has 2 heterocycles. The molecule has 2 unspecified atom stereocenters. The van der Waals surface area contributed by atoms with Crippen LogP contribution >= 0.6 is 0 Å². The summed E-state index contributed by atoms with van der Waals surface area (Å²) in [6, 6.07) is 7.56. The molecule has 0 radical (unpaired) electrons. The van der Waals surface area contributed by atoms with Gasteiger partial charge < -0.3 is 10.3 Å². The molecule has 0 saturated heterocycles. The van der Waals surface area contributed by atoms with Crippen molar-refractivity contribution in [3.05, 3.63) is 47.7 Å². The minimum absolute atomic E-state index is 0.0950. The van der Waals surface area contributed by atoms with Crippen LogP contribution in [-0.2, 0) is 0 Å². The van der Waals surface area contributed by atoms with Gasteiger partial charge in [-0.15, -0.1) is 0 Å². The molecule has 4 nitrogen and oxygen atoms in total. The molecule has 0 fully saturated rings. The number of nitrogens with zero attached hydrogens (tertiary/aromatic N) is 2. The largest absolute Gasteiger partial charge is 0.628 e. The summed E-state index contributed by atoms with van der Waals surface area (Å²) in [4.78, 5) is 4.10. The fourth-order valence-electron chi connectivity index (χ4n) is 2.09. The first-order chi connectivity index (χ1) is 7.29. The third-order valence-corrected chi connectivity index (χ3v) is 2.93. The molecule has 15 heavy (non-hydrogen) atoms. The average molecular weight is 201 g/mol. The highest BCUT2D eigenvalue weighted by atomic mass is 16.5. The summed E-state index contributed by atoms with van der Waals surface area (Å²) in [7, 11) is 0. The normalized spacial score (nSPS) is 23.3. The molecule has 76 valence electrons. The standard InChI is InChI=1S/C11H11N3O/c1-8-11-6-12-7-13(11)9-4-2-3-5-10(9)14(8)15/h2-8,14H,1H3. The van der Waals surface area contributed by atoms with Gasteiger partial charge in [-0.2, -0.15) is 0 Å². The third kappa shape index (κ3) is 1.06. The predicted octanol–water partition coefficient (Wildman–Crippen LogP) is 0.961. The van der Waals surface area contributed by atoms with Crippen LogP contribution in [0.25, 0.3) is 5.69 Å². The number of imidazole rings is 1. The van der Waals surface area contributed by atoms with E-state index < -0.39 is 0 Å². The van der Waals surface area contributed by atoms with Crippen LogP contribution in [0.2, 0.25) is 0 Å². The second-order valence-electron chi connectivity index (χ2n) is 3.79. The second-order valence-corrected chi connectivity index (χ2v) is 3.79. The molecule has 1 aliphatic heterocycles. The van der Waals surface area contributed by atoms with E-state index in [1.165, 1.54) is 0 Å². The van der Waals surface area contributed by atoms with E-state index in [1.54, 1.807) is 12.5 Å². The van der Waals surface area contributed by atoms with Gasteiger partial charge in [-0.3, -0.25) is 4.57 Å². The van der Waals surface area contributed by atoms with Crippen LogP contribution in [0.3, 0.4) is 0 Å². The van der Waals surface area contributed by atoms with Crippen molar-refractivity contribution in [1.29, 1.82) is 0 Å². The van der Waals surface area contributed by atoms with Crippen molar-refractivity contribution in [3.8, 4) is 5.69 Å². The number of hydroxylamine groups is 1. The lowest BCUT2D eigenvalue weighted by Crippen LogP contribution is -3.03. The van der Waals surface area contributed by atoms with Gasteiger partial charge in [0.05, 0.1) is 12.5 Å². The number of aromatic nitrogens is 2. The van der Waals surface area contributed by atoms with Gasteiger partial charge in [-0.25, -0.2) is 4.98 Å². The monoisotopic (exact) mass is 201 g/mol. The van der Waals surface area contributed by atoms with Crippen molar-refractivity contribution in [2.24, 2.45) is 0 Å². The molecule has 0 bridgehead atoms. The fraction of sp³-hybridized carbons (Fsp3) is 0.182. The van der Waals surface area contributed by atoms with E-state index in [0.29, 0.717) is 0 Å². The summed E-state index contributed by atoms with van der Waals surface area (Å²) >= 11 is 0. The number of quaternary nitrogens is 1. The molecule has 2 aromatic rings. The van der Waals surface area contributed by atoms with E-state index in [-0.39, 0.29) is 11.1 Å². The lowest BCUT2D eigenvalue weighted by molar-refractivity contribution is -0.813. The zero-order valence-electron chi connectivity index (χ0n) is 8.34. The molecule has 0 aliphatic carbocycles. The van der Waals surface area contributed by atoms with Gasteiger partial charge in [0, 0.05) is 6.07 Å². The number of para-hydroxylation sites is 2. The van der Waals surface area contributed by atoms with E-state index in [1.807, 2.05) is 35.8 Å². The molecular formula is C11H11N3O. The Labute approximate surface area is 87.4 Å². The van der Waals surface area contributed by atoms with Crippen LogP contribution in [0.4, 0.5) is 5.69 Å². The molecule has 4 heteroatoms. The Bertz CT molecular complexity index is 506. The Morgan fingerprint density at radius 2 is 2.20 bits per heavy atom. The minimum Gasteiger partial charge on any atom is -0.628 e. The zero-order valence-corrected chi connectivity index (χ0v) is 8.34. The average Bonchev–Trinajstić information content (AvgIpc) is 2.75. The Kier molecular flexibility index (Phi) is 1.68. The van der Waals surface area contributed by atoms with Crippen molar-refractivity contribution >= 4 is 5.69 Å². The van der Waals surface area contributed by atoms with Gasteiger partial charge in [0.2, 0.25) is 0 Å². The van der Waals surface area contributed by atoms with Crippen molar-refractivity contribution in [3.63, 3.8) is 0 Å². The highest BCUT2D eigenvalue weighted by molar-refractivity contribution is 5.54. The molecule has 1 aromatic carbocycles. The van der Waals surface area contributed by atoms with Crippen molar-refractivity contribution in [1.82, 2.24) is 9.55 Å². The Balaban J connectivity index is 2.32. The van der Waals surface area contributed by atoms with E-state index in [9.17, 15) is 5.21 Å². The third-order valence-electron chi connectivity index (χ3n) is 2.93. The molecule has 1 aromatic heterocycles. The van der Waals surface area contributed by atoms with Crippen molar-refractivity contribution in [2.45, 2.75) is 13.0 Å². The zero-order chi connectivity index (χ0) is 10.4. The Hall–Kier alpha value is -1.65. The Morgan fingerprint density at radius 1 is 1.40 bits per heavy atom. The number of fused-ring (bicyclic) bond motifs is 3. The smallest absolute Gasteiger partial charge is 0.156 e. The molecule has 3 rings (SSSR count). The van der Waals surface area contributed by atoms with E-state index in [0.717, 1.165) is 17.1 Å². The molecular weight excluding hydrogens is 190 g/mol. The van der Waals surface area contributed by atoms with E-state index in [2.05, 4.69) is 4.98 Å². The maximum atomic E-state index is 12.0. The summed E-state index contributed by atoms with van der Waals surface area (Å²) in [5.74, 6) is 0. The summed E-state index contributed by atoms with van der Waals surface area (Å²) in [6.45, 7) is 1.92. The highest BCUT2D eigenvalue weighted by Crippen LogP contribution is 2.26. The van der Waals surface area contributed by atoms with Crippen LogP contribution < -0.4 is 5.06 Å². The first kappa shape index (κ1) is 8.64. The molecule has 2 atom stereocenters. The van der Waals surface area contributed by atoms with Crippen LogP contribution in [0.1, 0.15) is 18.7 Å². The second kappa shape index (κ2) is 2.92. The van der Waals surface area contributed by atoms with E-state index in [4.69, 9.17) is 0 Å². The summed E-state index contributed by atoms with van der Waals surface area (Å²) in [5.41, 5.74) is 2.70. The lowest BCUT2D eigenvalue weighted by atomic mass is 10.1. The number of rotatable bonds is 0. The number of hydrogen-bond donors (Lipinski definition) is 1. The molecule has 1 N–H and O–H groups in total. The molecule has 0 spiro atoms. The minimum atomic E-state index is -0.0950. The number of nitrogens with one attached hydrogen (secondary N) is 1. The lowest BCUT2D eigenvalue weighted by Gasteiger charge is -2.34. The highest BCUT2D eigenvalue weighted by Gasteiger charge is 2.27. The van der Waals surface area contributed by atoms with Crippen LogP contribution in [-0.4, -0.2) is 9.55 Å². The molecule has 0 saturated carbocycles. The van der Waals surface area contributed by atoms with E-state index >= 15 is 0 Å².